The SMILES string of the molecule is CCCCC/C=C\C/C=C\C/C=C\CCCCCCC(CC(=O)NC(CO)C(O)CCCCCCCCCCCCCCCCCCC)OC(=O)CCCCCCCCCCCCCCCC. The van der Waals surface area contributed by atoms with Crippen molar-refractivity contribution in [3.05, 3.63) is 36.5 Å². The lowest BCUT2D eigenvalue weighted by Gasteiger charge is -2.24. The Balaban J connectivity index is 4.55. The van der Waals surface area contributed by atoms with Crippen molar-refractivity contribution in [3.8, 4) is 0 Å². The molecule has 0 aliphatic heterocycles. The van der Waals surface area contributed by atoms with Gasteiger partial charge in [-0.2, -0.15) is 0 Å². The minimum absolute atomic E-state index is 0.0672. The van der Waals surface area contributed by atoms with Crippen LogP contribution in [0, 0.1) is 0 Å². The second kappa shape index (κ2) is 55.0. The van der Waals surface area contributed by atoms with E-state index in [1.54, 1.807) is 0 Å². The number of hydrogen-bond donors (Lipinski definition) is 3. The van der Waals surface area contributed by atoms with E-state index < -0.39 is 18.2 Å². The van der Waals surface area contributed by atoms with Crippen LogP contribution in [0.3, 0.4) is 0 Å². The van der Waals surface area contributed by atoms with Gasteiger partial charge in [0, 0.05) is 6.42 Å². The van der Waals surface area contributed by atoms with E-state index in [4.69, 9.17) is 4.74 Å². The fourth-order valence-corrected chi connectivity index (χ4v) is 9.20. The van der Waals surface area contributed by atoms with Crippen LogP contribution >= 0.6 is 0 Å². The molecule has 0 aromatic carbocycles. The zero-order valence-electron chi connectivity index (χ0n) is 45.0. The quantitative estimate of drug-likeness (QED) is 0.0321. The topological polar surface area (TPSA) is 95.9 Å². The molecule has 0 saturated heterocycles. The molecule has 3 unspecified atom stereocenters. The van der Waals surface area contributed by atoms with E-state index >= 15 is 0 Å². The molecular formula is C61H115NO5. The van der Waals surface area contributed by atoms with Crippen molar-refractivity contribution in [3.63, 3.8) is 0 Å². The van der Waals surface area contributed by atoms with E-state index in [1.165, 1.54) is 193 Å². The summed E-state index contributed by atoms with van der Waals surface area (Å²) >= 11 is 0. The van der Waals surface area contributed by atoms with Crippen molar-refractivity contribution in [2.24, 2.45) is 0 Å². The molecule has 6 nitrogen and oxygen atoms in total. The van der Waals surface area contributed by atoms with Crippen LogP contribution in [0.4, 0.5) is 0 Å². The van der Waals surface area contributed by atoms with Crippen LogP contribution in [0.25, 0.3) is 0 Å². The first kappa shape index (κ1) is 65.1. The van der Waals surface area contributed by atoms with Gasteiger partial charge in [-0.05, 0) is 64.2 Å². The zero-order valence-corrected chi connectivity index (χ0v) is 45.0. The Morgan fingerprint density at radius 2 is 0.761 bits per heavy atom. The number of rotatable bonds is 54. The van der Waals surface area contributed by atoms with Gasteiger partial charge in [0.05, 0.1) is 25.2 Å². The lowest BCUT2D eigenvalue weighted by Crippen LogP contribution is -2.46. The number of carbonyl (C=O) groups is 2. The summed E-state index contributed by atoms with van der Waals surface area (Å²) in [6, 6.07) is -0.707. The molecule has 0 aromatic heterocycles. The summed E-state index contributed by atoms with van der Waals surface area (Å²) in [6.45, 7) is 6.49. The highest BCUT2D eigenvalue weighted by molar-refractivity contribution is 5.77. The van der Waals surface area contributed by atoms with E-state index in [2.05, 4.69) is 62.5 Å². The van der Waals surface area contributed by atoms with Crippen LogP contribution in [0.15, 0.2) is 36.5 Å². The minimum atomic E-state index is -0.793. The van der Waals surface area contributed by atoms with E-state index in [-0.39, 0.29) is 24.9 Å². The van der Waals surface area contributed by atoms with Crippen molar-refractivity contribution in [1.29, 1.82) is 0 Å². The fraction of sp³-hybridized carbons (Fsp3) is 0.869. The standard InChI is InChI=1S/C61H115NO5/c1-4-7-10-13-16-19-22-25-28-30-32-34-37-40-43-46-49-52-57(67-61(66)54-51-48-45-42-39-36-27-24-21-18-15-12-9-6-3)55-60(65)62-58(56-63)59(64)53-50-47-44-41-38-35-33-31-29-26-23-20-17-14-11-8-5-2/h16,19,25,28,32,34,57-59,63-64H,4-15,17-18,20-24,26-27,29-31,33,35-56H2,1-3H3,(H,62,65)/b19-16-,28-25-,34-32-. The van der Waals surface area contributed by atoms with Gasteiger partial charge in [-0.1, -0.05) is 276 Å². The maximum absolute atomic E-state index is 13.3. The first-order valence-electron chi connectivity index (χ1n) is 29.7. The van der Waals surface area contributed by atoms with Crippen molar-refractivity contribution in [2.75, 3.05) is 6.61 Å². The van der Waals surface area contributed by atoms with Gasteiger partial charge in [-0.25, -0.2) is 0 Å². The van der Waals surface area contributed by atoms with Gasteiger partial charge in [0.1, 0.15) is 6.10 Å². The molecule has 3 atom stereocenters. The first-order chi connectivity index (χ1) is 33.0. The number of hydrogen-bond acceptors (Lipinski definition) is 5. The highest BCUT2D eigenvalue weighted by Crippen LogP contribution is 2.19. The highest BCUT2D eigenvalue weighted by atomic mass is 16.5. The van der Waals surface area contributed by atoms with Crippen molar-refractivity contribution in [2.45, 2.75) is 334 Å². The van der Waals surface area contributed by atoms with E-state index in [1.807, 2.05) is 0 Å². The number of amides is 1. The van der Waals surface area contributed by atoms with Gasteiger partial charge in [0.25, 0.3) is 0 Å². The van der Waals surface area contributed by atoms with Crippen LogP contribution in [-0.2, 0) is 14.3 Å². The van der Waals surface area contributed by atoms with Gasteiger partial charge in [-0.15, -0.1) is 0 Å². The molecule has 0 spiro atoms. The summed E-state index contributed by atoms with van der Waals surface area (Å²) in [5.74, 6) is -0.478. The molecule has 0 radical (unpaired) electrons. The lowest BCUT2D eigenvalue weighted by molar-refractivity contribution is -0.151. The Morgan fingerprint density at radius 1 is 0.433 bits per heavy atom. The maximum atomic E-state index is 13.3. The van der Waals surface area contributed by atoms with Crippen molar-refractivity contribution in [1.82, 2.24) is 5.32 Å². The Bertz CT molecular complexity index is 1100. The molecule has 394 valence electrons. The molecule has 0 saturated carbocycles. The Kier molecular flexibility index (Phi) is 53.4. The molecule has 0 aromatic rings. The molecule has 67 heavy (non-hydrogen) atoms. The second-order valence-corrected chi connectivity index (χ2v) is 20.4. The Hall–Kier alpha value is -1.92. The van der Waals surface area contributed by atoms with Crippen LogP contribution < -0.4 is 5.32 Å². The van der Waals surface area contributed by atoms with Crippen molar-refractivity contribution < 1.29 is 24.5 Å². The number of aliphatic hydroxyl groups excluding tert-OH is 2. The van der Waals surface area contributed by atoms with E-state index in [0.29, 0.717) is 19.3 Å². The van der Waals surface area contributed by atoms with Gasteiger partial charge >= 0.3 is 5.97 Å². The Labute approximate surface area is 417 Å². The number of nitrogens with one attached hydrogen (secondary N) is 1. The van der Waals surface area contributed by atoms with Gasteiger partial charge < -0.3 is 20.3 Å². The maximum Gasteiger partial charge on any atom is 0.306 e. The molecule has 3 N–H and O–H groups in total. The molecule has 0 aliphatic rings. The number of allylic oxidation sites excluding steroid dienone is 6. The molecule has 1 amide bonds. The number of carbonyl (C=O) groups excluding carboxylic acids is 2. The largest absolute Gasteiger partial charge is 0.462 e. The molecule has 0 aliphatic carbocycles. The lowest BCUT2D eigenvalue weighted by atomic mass is 10.0. The first-order valence-corrected chi connectivity index (χ1v) is 29.7. The Morgan fingerprint density at radius 3 is 1.18 bits per heavy atom. The molecule has 0 fully saturated rings. The highest BCUT2D eigenvalue weighted by Gasteiger charge is 2.24. The molecule has 0 bridgehead atoms. The molecule has 0 heterocycles. The van der Waals surface area contributed by atoms with Crippen LogP contribution in [-0.4, -0.2) is 46.9 Å². The number of aliphatic hydroxyl groups is 2. The summed E-state index contributed by atoms with van der Waals surface area (Å²) < 4.78 is 5.96. The van der Waals surface area contributed by atoms with Crippen LogP contribution in [0.1, 0.15) is 316 Å². The smallest absolute Gasteiger partial charge is 0.306 e. The average Bonchev–Trinajstić information content (AvgIpc) is 3.32. The van der Waals surface area contributed by atoms with Crippen LogP contribution in [0.5, 0.6) is 0 Å². The molecular weight excluding hydrogens is 827 g/mol. The van der Waals surface area contributed by atoms with E-state index in [0.717, 1.165) is 77.0 Å². The summed E-state index contributed by atoms with van der Waals surface area (Å²) in [6.07, 6.45) is 66.4. The predicted molar refractivity (Wildman–Crippen MR) is 292 cm³/mol. The number of unbranched alkanes of at least 4 members (excludes halogenated alkanes) is 36. The third kappa shape index (κ3) is 50.3. The third-order valence-electron chi connectivity index (χ3n) is 13.7. The molecule has 6 heteroatoms. The van der Waals surface area contributed by atoms with Gasteiger partial charge in [0.15, 0.2) is 0 Å². The minimum Gasteiger partial charge on any atom is -0.462 e. The normalized spacial score (nSPS) is 13.3. The third-order valence-corrected chi connectivity index (χ3v) is 13.7. The van der Waals surface area contributed by atoms with E-state index in [9.17, 15) is 19.8 Å². The molecule has 0 rings (SSSR count). The summed E-state index contributed by atoms with van der Waals surface area (Å²) in [5.41, 5.74) is 0. The fourth-order valence-electron chi connectivity index (χ4n) is 9.20. The number of esters is 1. The van der Waals surface area contributed by atoms with Gasteiger partial charge in [-0.3, -0.25) is 9.59 Å². The second-order valence-electron chi connectivity index (χ2n) is 20.4. The predicted octanol–water partition coefficient (Wildman–Crippen LogP) is 18.4. The van der Waals surface area contributed by atoms with Crippen molar-refractivity contribution >= 4 is 11.9 Å². The average molecular weight is 943 g/mol. The zero-order chi connectivity index (χ0) is 48.8. The summed E-state index contributed by atoms with van der Waals surface area (Å²) in [4.78, 5) is 26.3. The monoisotopic (exact) mass is 942 g/mol. The summed E-state index contributed by atoms with van der Waals surface area (Å²) in [7, 11) is 0. The van der Waals surface area contributed by atoms with Crippen LogP contribution in [0.2, 0.25) is 0 Å². The summed E-state index contributed by atoms with van der Waals surface area (Å²) in [5, 5.41) is 23.9. The number of ether oxygens (including phenoxy) is 1. The van der Waals surface area contributed by atoms with Gasteiger partial charge in [0.2, 0.25) is 5.91 Å².